The Morgan fingerprint density at radius 3 is 2.09 bits per heavy atom. The van der Waals surface area contributed by atoms with E-state index in [2.05, 4.69) is 10.6 Å². The monoisotopic (exact) mass is 487 g/mol. The highest BCUT2D eigenvalue weighted by atomic mass is 16.4. The van der Waals surface area contributed by atoms with Gasteiger partial charge in [-0.1, -0.05) is 0 Å². The topological polar surface area (TPSA) is 260 Å². The highest BCUT2D eigenvalue weighted by molar-refractivity contribution is 5.96. The van der Waals surface area contributed by atoms with Gasteiger partial charge in [-0.05, 0) is 25.7 Å². The van der Waals surface area contributed by atoms with Crippen LogP contribution in [0.2, 0.25) is 0 Å². The lowest BCUT2D eigenvalue weighted by atomic mass is 10.1. The van der Waals surface area contributed by atoms with Crippen molar-refractivity contribution >= 4 is 41.5 Å². The van der Waals surface area contributed by atoms with Crippen molar-refractivity contribution in [1.29, 1.82) is 0 Å². The van der Waals surface area contributed by atoms with Gasteiger partial charge in [-0.15, -0.1) is 0 Å². The smallest absolute Gasteiger partial charge is 0.326 e. The van der Waals surface area contributed by atoms with Gasteiger partial charge in [0.05, 0.1) is 12.5 Å². The average Bonchev–Trinajstić information content (AvgIpc) is 3.22. The molecule has 1 heterocycles. The summed E-state index contributed by atoms with van der Waals surface area (Å²) in [6.45, 7) is 0.0451. The molecule has 4 unspecified atom stereocenters. The van der Waals surface area contributed by atoms with Crippen LogP contribution in [0.3, 0.4) is 0 Å². The fourth-order valence-electron chi connectivity index (χ4n) is 3.38. The number of nitrogens with zero attached hydrogens (tertiary/aromatic N) is 1. The number of carbonyl (C=O) groups excluding carboxylic acids is 4. The number of carboxylic acids is 3. The summed E-state index contributed by atoms with van der Waals surface area (Å²) in [6, 6.07) is -5.45. The Kier molecular flexibility index (Phi) is 10.9. The van der Waals surface area contributed by atoms with Crippen molar-refractivity contribution in [2.24, 2.45) is 11.5 Å². The number of rotatable bonds is 14. The van der Waals surface area contributed by atoms with E-state index in [1.165, 1.54) is 0 Å². The minimum Gasteiger partial charge on any atom is -0.481 e. The minimum absolute atomic E-state index is 0.0451. The summed E-state index contributed by atoms with van der Waals surface area (Å²) in [5.41, 5.74) is 10.7. The maximum absolute atomic E-state index is 13.0. The van der Waals surface area contributed by atoms with Gasteiger partial charge in [0.15, 0.2) is 0 Å². The predicted molar refractivity (Wildman–Crippen MR) is 112 cm³/mol. The van der Waals surface area contributed by atoms with Gasteiger partial charge in [0.2, 0.25) is 23.6 Å². The number of hydrogen-bond donors (Lipinski definition) is 7. The number of carbonyl (C=O) groups is 7. The molecule has 9 N–H and O–H groups in total. The minimum atomic E-state index is -1.57. The lowest BCUT2D eigenvalue weighted by Gasteiger charge is -2.29. The van der Waals surface area contributed by atoms with E-state index in [-0.39, 0.29) is 32.2 Å². The van der Waals surface area contributed by atoms with E-state index in [1.54, 1.807) is 0 Å². The molecule has 0 aliphatic carbocycles. The highest BCUT2D eigenvalue weighted by Crippen LogP contribution is 2.20. The molecule has 1 rings (SSSR count). The predicted octanol–water partition coefficient (Wildman–Crippen LogP) is -3.04. The second kappa shape index (κ2) is 13.1. The molecular weight excluding hydrogens is 458 g/mol. The summed E-state index contributed by atoms with van der Waals surface area (Å²) in [7, 11) is 0. The summed E-state index contributed by atoms with van der Waals surface area (Å²) in [5, 5.41) is 31.5. The molecule has 0 spiro atoms. The molecule has 15 nitrogen and oxygen atoms in total. The lowest BCUT2D eigenvalue weighted by Crippen LogP contribution is -2.57. The van der Waals surface area contributed by atoms with Crippen LogP contribution in [0.1, 0.15) is 44.9 Å². The van der Waals surface area contributed by atoms with Crippen LogP contribution in [0, 0.1) is 0 Å². The van der Waals surface area contributed by atoms with Crippen LogP contribution in [0.4, 0.5) is 0 Å². The molecule has 1 fully saturated rings. The van der Waals surface area contributed by atoms with Gasteiger partial charge in [-0.25, -0.2) is 4.79 Å². The van der Waals surface area contributed by atoms with Crippen LogP contribution in [0.5, 0.6) is 0 Å². The SMILES string of the molecule is NC(=O)CCC(N)C(=O)NC(CC(=O)O)C(=O)N1CCCC1C(=O)NC(CCC(=O)O)C(=O)O. The van der Waals surface area contributed by atoms with Crippen LogP contribution in [-0.4, -0.2) is 92.5 Å². The third kappa shape index (κ3) is 9.01. The molecule has 0 radical (unpaired) electrons. The number of nitrogens with two attached hydrogens (primary N) is 2. The van der Waals surface area contributed by atoms with E-state index in [0.717, 1.165) is 4.90 Å². The van der Waals surface area contributed by atoms with Crippen LogP contribution in [0.15, 0.2) is 0 Å². The molecule has 34 heavy (non-hydrogen) atoms. The van der Waals surface area contributed by atoms with Crippen molar-refractivity contribution in [3.63, 3.8) is 0 Å². The van der Waals surface area contributed by atoms with Crippen molar-refractivity contribution in [2.45, 2.75) is 69.1 Å². The molecule has 0 aromatic rings. The maximum atomic E-state index is 13.0. The summed E-state index contributed by atoms with van der Waals surface area (Å²) in [4.78, 5) is 83.2. The standard InChI is InChI=1S/C19H29N5O10/c20-9(3-5-13(21)25)16(30)23-11(8-15(28)29)18(32)24-7-1-2-12(24)17(31)22-10(19(33)34)4-6-14(26)27/h9-12H,1-8,20H2,(H2,21,25)(H,22,31)(H,23,30)(H,26,27)(H,28,29)(H,33,34). The van der Waals surface area contributed by atoms with E-state index < -0.39 is 78.5 Å². The lowest BCUT2D eigenvalue weighted by molar-refractivity contribution is -0.147. The van der Waals surface area contributed by atoms with Crippen molar-refractivity contribution in [1.82, 2.24) is 15.5 Å². The quantitative estimate of drug-likeness (QED) is 0.129. The second-order valence-corrected chi connectivity index (χ2v) is 7.79. The van der Waals surface area contributed by atoms with Gasteiger partial charge in [0, 0.05) is 19.4 Å². The van der Waals surface area contributed by atoms with Gasteiger partial charge in [0.1, 0.15) is 18.1 Å². The van der Waals surface area contributed by atoms with Crippen molar-refractivity contribution < 1.29 is 48.9 Å². The number of nitrogens with one attached hydrogen (secondary N) is 2. The molecule has 0 aromatic heterocycles. The summed E-state index contributed by atoms with van der Waals surface area (Å²) in [6.07, 6.45) is -1.53. The Labute approximate surface area is 193 Å². The fourth-order valence-corrected chi connectivity index (χ4v) is 3.38. The molecule has 0 bridgehead atoms. The number of carboxylic acid groups (broad SMARTS) is 3. The number of aliphatic carboxylic acids is 3. The van der Waals surface area contributed by atoms with Gasteiger partial charge in [-0.2, -0.15) is 0 Å². The van der Waals surface area contributed by atoms with Crippen LogP contribution >= 0.6 is 0 Å². The number of amides is 4. The Morgan fingerprint density at radius 2 is 1.56 bits per heavy atom. The van der Waals surface area contributed by atoms with E-state index in [1.807, 2.05) is 0 Å². The zero-order valence-electron chi connectivity index (χ0n) is 18.3. The zero-order chi connectivity index (χ0) is 26.0. The fraction of sp³-hybridized carbons (Fsp3) is 0.632. The third-order valence-corrected chi connectivity index (χ3v) is 5.13. The largest absolute Gasteiger partial charge is 0.481 e. The van der Waals surface area contributed by atoms with Crippen molar-refractivity contribution in [3.05, 3.63) is 0 Å². The number of hydrogen-bond acceptors (Lipinski definition) is 8. The van der Waals surface area contributed by atoms with Crippen molar-refractivity contribution in [2.75, 3.05) is 6.54 Å². The Balaban J connectivity index is 2.93. The van der Waals surface area contributed by atoms with Gasteiger partial charge < -0.3 is 42.3 Å². The van der Waals surface area contributed by atoms with E-state index >= 15 is 0 Å². The van der Waals surface area contributed by atoms with Crippen molar-refractivity contribution in [3.8, 4) is 0 Å². The first-order valence-electron chi connectivity index (χ1n) is 10.4. The molecule has 0 aromatic carbocycles. The van der Waals surface area contributed by atoms with Crippen LogP contribution < -0.4 is 22.1 Å². The van der Waals surface area contributed by atoms with E-state index in [4.69, 9.17) is 21.7 Å². The molecule has 0 saturated carbocycles. The molecule has 1 aliphatic rings. The molecule has 4 amide bonds. The molecular formula is C19H29N5O10. The molecule has 1 aliphatic heterocycles. The Hall–Kier alpha value is -3.75. The van der Waals surface area contributed by atoms with Gasteiger partial charge >= 0.3 is 17.9 Å². The average molecular weight is 487 g/mol. The maximum Gasteiger partial charge on any atom is 0.326 e. The van der Waals surface area contributed by atoms with E-state index in [0.29, 0.717) is 6.42 Å². The van der Waals surface area contributed by atoms with Gasteiger partial charge in [-0.3, -0.25) is 28.8 Å². The summed E-state index contributed by atoms with van der Waals surface area (Å²) >= 11 is 0. The molecule has 1 saturated heterocycles. The third-order valence-electron chi connectivity index (χ3n) is 5.13. The molecule has 15 heteroatoms. The first kappa shape index (κ1) is 28.3. The second-order valence-electron chi connectivity index (χ2n) is 7.79. The summed E-state index contributed by atoms with van der Waals surface area (Å²) in [5.74, 6) is -7.43. The van der Waals surface area contributed by atoms with Gasteiger partial charge in [0.25, 0.3) is 0 Å². The summed E-state index contributed by atoms with van der Waals surface area (Å²) < 4.78 is 0. The number of likely N-dealkylation sites (tertiary alicyclic amines) is 1. The Morgan fingerprint density at radius 1 is 0.912 bits per heavy atom. The normalized spacial score (nSPS) is 17.8. The first-order valence-corrected chi connectivity index (χ1v) is 10.4. The van der Waals surface area contributed by atoms with Crippen LogP contribution in [-0.2, 0) is 33.6 Å². The zero-order valence-corrected chi connectivity index (χ0v) is 18.3. The van der Waals surface area contributed by atoms with Crippen LogP contribution in [0.25, 0.3) is 0 Å². The highest BCUT2D eigenvalue weighted by Gasteiger charge is 2.39. The molecule has 190 valence electrons. The molecule has 4 atom stereocenters. The Bertz CT molecular complexity index is 832. The first-order chi connectivity index (χ1) is 15.8. The van der Waals surface area contributed by atoms with E-state index in [9.17, 15) is 38.7 Å². The number of primary amides is 1.